The van der Waals surface area contributed by atoms with E-state index in [0.717, 1.165) is 19.5 Å². The molecule has 0 aromatic carbocycles. The average molecular weight is 257 g/mol. The lowest BCUT2D eigenvalue weighted by Crippen LogP contribution is -2.29. The highest BCUT2D eigenvalue weighted by Crippen LogP contribution is 2.07. The first-order chi connectivity index (χ1) is 8.56. The Labute approximate surface area is 113 Å². The fourth-order valence-electron chi connectivity index (χ4n) is 1.97. The number of hydrogen-bond acceptors (Lipinski definition) is 2. The Morgan fingerprint density at radius 1 is 1.06 bits per heavy atom. The number of carboxylic acids is 1. The van der Waals surface area contributed by atoms with Crippen LogP contribution in [0, 0.1) is 5.92 Å². The van der Waals surface area contributed by atoms with E-state index in [-0.39, 0.29) is 6.42 Å². The van der Waals surface area contributed by atoms with Gasteiger partial charge in [0, 0.05) is 6.54 Å². The second-order valence-electron chi connectivity index (χ2n) is 5.58. The summed E-state index contributed by atoms with van der Waals surface area (Å²) in [5, 5.41) is 8.75. The molecule has 108 valence electrons. The monoisotopic (exact) mass is 257 g/mol. The Bertz CT molecular complexity index is 205. The molecule has 0 rings (SSSR count). The third kappa shape index (κ3) is 11.9. The molecule has 0 saturated carbocycles. The largest absolute Gasteiger partial charge is 0.481 e. The summed E-state index contributed by atoms with van der Waals surface area (Å²) in [6, 6.07) is 0. The van der Waals surface area contributed by atoms with Crippen molar-refractivity contribution < 1.29 is 9.90 Å². The molecule has 0 aliphatic heterocycles. The van der Waals surface area contributed by atoms with Crippen molar-refractivity contribution in [3.8, 4) is 0 Å². The summed E-state index contributed by atoms with van der Waals surface area (Å²) in [6.07, 6.45) is 7.82. The maximum Gasteiger partial charge on any atom is 0.304 e. The zero-order valence-corrected chi connectivity index (χ0v) is 12.5. The van der Waals surface area contributed by atoms with Crippen LogP contribution in [0.4, 0.5) is 0 Å². The van der Waals surface area contributed by atoms with E-state index >= 15 is 0 Å². The summed E-state index contributed by atoms with van der Waals surface area (Å²) in [7, 11) is 0. The van der Waals surface area contributed by atoms with Gasteiger partial charge in [-0.15, -0.1) is 0 Å². The number of aliphatic carboxylic acids is 1. The van der Waals surface area contributed by atoms with Crippen LogP contribution in [0.3, 0.4) is 0 Å². The molecule has 0 aromatic heterocycles. The van der Waals surface area contributed by atoms with Gasteiger partial charge in [0.1, 0.15) is 0 Å². The molecule has 18 heavy (non-hydrogen) atoms. The molecule has 0 aliphatic rings. The van der Waals surface area contributed by atoms with Gasteiger partial charge in [0.25, 0.3) is 0 Å². The van der Waals surface area contributed by atoms with E-state index in [2.05, 4.69) is 25.7 Å². The van der Waals surface area contributed by atoms with Gasteiger partial charge in [0.15, 0.2) is 0 Å². The number of carboxylic acid groups (broad SMARTS) is 1. The van der Waals surface area contributed by atoms with Crippen molar-refractivity contribution in [3.63, 3.8) is 0 Å². The minimum atomic E-state index is -0.685. The van der Waals surface area contributed by atoms with E-state index in [9.17, 15) is 4.79 Å². The molecular formula is C15H31NO2. The third-order valence-electron chi connectivity index (χ3n) is 3.24. The fraction of sp³-hybridized carbons (Fsp3) is 0.933. The second kappa shape index (κ2) is 11.5. The summed E-state index contributed by atoms with van der Waals surface area (Å²) in [4.78, 5) is 12.9. The molecule has 0 bridgehead atoms. The maximum absolute atomic E-state index is 10.6. The van der Waals surface area contributed by atoms with Crippen LogP contribution in [0.15, 0.2) is 0 Å². The van der Waals surface area contributed by atoms with Gasteiger partial charge in [-0.3, -0.25) is 4.79 Å². The van der Waals surface area contributed by atoms with Crippen LogP contribution in [-0.2, 0) is 4.79 Å². The van der Waals surface area contributed by atoms with Crippen LogP contribution in [0.2, 0.25) is 0 Å². The average Bonchev–Trinajstić information content (AvgIpc) is 2.30. The highest BCUT2D eigenvalue weighted by atomic mass is 16.4. The van der Waals surface area contributed by atoms with Crippen molar-refractivity contribution in [2.24, 2.45) is 5.92 Å². The minimum Gasteiger partial charge on any atom is -0.481 e. The molecule has 0 radical (unpaired) electrons. The number of nitrogens with zero attached hydrogens (tertiary/aromatic N) is 1. The number of unbranched alkanes of at least 4 members (excludes halogenated alkanes) is 4. The van der Waals surface area contributed by atoms with Crippen molar-refractivity contribution in [2.45, 2.75) is 65.7 Å². The molecule has 0 aromatic rings. The second-order valence-corrected chi connectivity index (χ2v) is 5.58. The first kappa shape index (κ1) is 17.4. The zero-order chi connectivity index (χ0) is 13.8. The molecule has 3 nitrogen and oxygen atoms in total. The predicted molar refractivity (Wildman–Crippen MR) is 76.9 cm³/mol. The number of carbonyl (C=O) groups is 1. The van der Waals surface area contributed by atoms with Gasteiger partial charge >= 0.3 is 5.97 Å². The highest BCUT2D eigenvalue weighted by Gasteiger charge is 2.08. The third-order valence-corrected chi connectivity index (χ3v) is 3.24. The Balaban J connectivity index is 3.77. The van der Waals surface area contributed by atoms with Crippen molar-refractivity contribution in [1.29, 1.82) is 0 Å². The summed E-state index contributed by atoms with van der Waals surface area (Å²) < 4.78 is 0. The molecule has 0 atom stereocenters. The molecule has 0 aliphatic carbocycles. The molecule has 0 heterocycles. The van der Waals surface area contributed by atoms with E-state index in [1.54, 1.807) is 0 Å². The highest BCUT2D eigenvalue weighted by molar-refractivity contribution is 5.66. The molecule has 0 unspecified atom stereocenters. The molecule has 3 heteroatoms. The van der Waals surface area contributed by atoms with Crippen molar-refractivity contribution >= 4 is 5.97 Å². The van der Waals surface area contributed by atoms with Crippen LogP contribution in [0.5, 0.6) is 0 Å². The maximum atomic E-state index is 10.6. The van der Waals surface area contributed by atoms with Crippen molar-refractivity contribution in [3.05, 3.63) is 0 Å². The summed E-state index contributed by atoms with van der Waals surface area (Å²) in [5.74, 6) is 0.00736. The lowest BCUT2D eigenvalue weighted by atomic mass is 10.1. The Morgan fingerprint density at radius 2 is 1.72 bits per heavy atom. The number of hydrogen-bond donors (Lipinski definition) is 1. The number of rotatable bonds is 12. The van der Waals surface area contributed by atoms with Gasteiger partial charge in [0.2, 0.25) is 0 Å². The molecule has 0 saturated heterocycles. The van der Waals surface area contributed by atoms with E-state index in [0.29, 0.717) is 12.5 Å². The van der Waals surface area contributed by atoms with Gasteiger partial charge in [-0.05, 0) is 31.8 Å². The Morgan fingerprint density at radius 3 is 2.28 bits per heavy atom. The zero-order valence-electron chi connectivity index (χ0n) is 12.5. The van der Waals surface area contributed by atoms with E-state index in [4.69, 9.17) is 5.11 Å². The molecule has 0 spiro atoms. The van der Waals surface area contributed by atoms with Crippen LogP contribution in [0.25, 0.3) is 0 Å². The molecule has 0 fully saturated rings. The van der Waals surface area contributed by atoms with Crippen LogP contribution in [-0.4, -0.2) is 35.6 Å². The smallest absolute Gasteiger partial charge is 0.304 e. The summed E-state index contributed by atoms with van der Waals surface area (Å²) >= 11 is 0. The quantitative estimate of drug-likeness (QED) is 0.541. The molecule has 0 amide bonds. The van der Waals surface area contributed by atoms with Crippen molar-refractivity contribution in [1.82, 2.24) is 4.90 Å². The van der Waals surface area contributed by atoms with E-state index in [1.807, 2.05) is 0 Å². The van der Waals surface area contributed by atoms with Gasteiger partial charge in [-0.25, -0.2) is 0 Å². The van der Waals surface area contributed by atoms with Gasteiger partial charge in [-0.2, -0.15) is 0 Å². The summed E-state index contributed by atoms with van der Waals surface area (Å²) in [6.45, 7) is 9.47. The lowest BCUT2D eigenvalue weighted by molar-refractivity contribution is -0.137. The lowest BCUT2D eigenvalue weighted by Gasteiger charge is -2.22. The van der Waals surface area contributed by atoms with E-state index in [1.165, 1.54) is 32.1 Å². The van der Waals surface area contributed by atoms with Crippen LogP contribution < -0.4 is 0 Å². The molecule has 1 N–H and O–H groups in total. The predicted octanol–water partition coefficient (Wildman–Crippen LogP) is 3.78. The van der Waals surface area contributed by atoms with Gasteiger partial charge in [0.05, 0.1) is 6.42 Å². The first-order valence-corrected chi connectivity index (χ1v) is 7.50. The van der Waals surface area contributed by atoms with Crippen molar-refractivity contribution in [2.75, 3.05) is 19.6 Å². The summed E-state index contributed by atoms with van der Waals surface area (Å²) in [5.41, 5.74) is 0. The standard InChI is InChI=1S/C15H31NO2/c1-4-5-6-7-8-11-16(12-9-14(2)3)13-10-15(17)18/h14H,4-13H2,1-3H3,(H,17,18). The van der Waals surface area contributed by atoms with E-state index < -0.39 is 5.97 Å². The van der Waals surface area contributed by atoms with Crippen LogP contribution in [0.1, 0.15) is 65.7 Å². The fourth-order valence-corrected chi connectivity index (χ4v) is 1.97. The normalized spacial score (nSPS) is 11.4. The van der Waals surface area contributed by atoms with Gasteiger partial charge < -0.3 is 10.0 Å². The van der Waals surface area contributed by atoms with Gasteiger partial charge in [-0.1, -0.05) is 46.5 Å². The van der Waals surface area contributed by atoms with Crippen LogP contribution >= 0.6 is 0 Å². The molecular weight excluding hydrogens is 226 g/mol. The first-order valence-electron chi connectivity index (χ1n) is 7.50. The Kier molecular flexibility index (Phi) is 11.2. The minimum absolute atomic E-state index is 0.271. The Hall–Kier alpha value is -0.570. The topological polar surface area (TPSA) is 40.5 Å². The SMILES string of the molecule is CCCCCCCN(CCC(=O)O)CCC(C)C.